The molecule has 0 amide bonds. The molecule has 1 atom stereocenters. The predicted octanol–water partition coefficient (Wildman–Crippen LogP) is 1.22. The van der Waals surface area contributed by atoms with E-state index in [1.54, 1.807) is 0 Å². The van der Waals surface area contributed by atoms with Gasteiger partial charge in [-0.15, -0.1) is 0 Å². The lowest BCUT2D eigenvalue weighted by molar-refractivity contribution is 0.109. The molecule has 1 aliphatic carbocycles. The fourth-order valence-electron chi connectivity index (χ4n) is 1.93. The SMILES string of the molecule is CC(CO)(CCCS(C)(=O)=O)C1CC1. The van der Waals surface area contributed by atoms with Crippen LogP contribution < -0.4 is 0 Å². The average molecular weight is 220 g/mol. The van der Waals surface area contributed by atoms with Crippen LogP contribution in [0.1, 0.15) is 32.6 Å². The van der Waals surface area contributed by atoms with Gasteiger partial charge in [0.15, 0.2) is 0 Å². The minimum Gasteiger partial charge on any atom is -0.396 e. The molecule has 0 aliphatic heterocycles. The number of rotatable bonds is 6. The zero-order valence-electron chi connectivity index (χ0n) is 8.99. The second-order valence-electron chi connectivity index (χ2n) is 4.82. The molecule has 84 valence electrons. The summed E-state index contributed by atoms with van der Waals surface area (Å²) < 4.78 is 21.9. The van der Waals surface area contributed by atoms with Gasteiger partial charge in [-0.2, -0.15) is 0 Å². The van der Waals surface area contributed by atoms with Gasteiger partial charge < -0.3 is 5.11 Å². The van der Waals surface area contributed by atoms with E-state index in [2.05, 4.69) is 6.92 Å². The standard InChI is InChI=1S/C10H20O3S/c1-10(8-11,9-4-5-9)6-3-7-14(2,12)13/h9,11H,3-8H2,1-2H3. The molecule has 3 nitrogen and oxygen atoms in total. The van der Waals surface area contributed by atoms with Gasteiger partial charge in [0.25, 0.3) is 0 Å². The smallest absolute Gasteiger partial charge is 0.147 e. The van der Waals surface area contributed by atoms with Crippen LogP contribution in [-0.4, -0.2) is 32.1 Å². The van der Waals surface area contributed by atoms with E-state index in [1.807, 2.05) is 0 Å². The van der Waals surface area contributed by atoms with E-state index >= 15 is 0 Å². The van der Waals surface area contributed by atoms with E-state index in [1.165, 1.54) is 19.1 Å². The van der Waals surface area contributed by atoms with Gasteiger partial charge >= 0.3 is 0 Å². The number of aliphatic hydroxyl groups is 1. The van der Waals surface area contributed by atoms with Crippen molar-refractivity contribution in [3.8, 4) is 0 Å². The third-order valence-electron chi connectivity index (χ3n) is 3.19. The van der Waals surface area contributed by atoms with E-state index in [-0.39, 0.29) is 17.8 Å². The minimum absolute atomic E-state index is 0.0370. The Labute approximate surface area is 86.4 Å². The largest absolute Gasteiger partial charge is 0.396 e. The van der Waals surface area contributed by atoms with Crippen LogP contribution in [0.25, 0.3) is 0 Å². The molecule has 0 aromatic rings. The minimum atomic E-state index is -2.84. The van der Waals surface area contributed by atoms with Crippen LogP contribution in [0.5, 0.6) is 0 Å². The highest BCUT2D eigenvalue weighted by atomic mass is 32.2. The lowest BCUT2D eigenvalue weighted by Gasteiger charge is -2.26. The van der Waals surface area contributed by atoms with Crippen molar-refractivity contribution in [1.82, 2.24) is 0 Å². The maximum Gasteiger partial charge on any atom is 0.147 e. The highest BCUT2D eigenvalue weighted by Gasteiger charge is 2.40. The zero-order chi connectivity index (χ0) is 10.8. The van der Waals surface area contributed by atoms with Crippen molar-refractivity contribution in [2.45, 2.75) is 32.6 Å². The van der Waals surface area contributed by atoms with Gasteiger partial charge in [-0.05, 0) is 37.0 Å². The summed E-state index contributed by atoms with van der Waals surface area (Å²) in [7, 11) is -2.84. The van der Waals surface area contributed by atoms with Crippen LogP contribution in [0.15, 0.2) is 0 Å². The normalized spacial score (nSPS) is 21.9. The van der Waals surface area contributed by atoms with Crippen molar-refractivity contribution in [3.63, 3.8) is 0 Å². The quantitative estimate of drug-likeness (QED) is 0.732. The van der Waals surface area contributed by atoms with E-state index in [0.717, 1.165) is 6.42 Å². The summed E-state index contributed by atoms with van der Waals surface area (Å²) in [5.41, 5.74) is -0.0370. The second kappa shape index (κ2) is 4.19. The van der Waals surface area contributed by atoms with Crippen molar-refractivity contribution in [2.75, 3.05) is 18.6 Å². The first-order valence-corrected chi connectivity index (χ1v) is 7.22. The van der Waals surface area contributed by atoms with E-state index < -0.39 is 9.84 Å². The first-order valence-electron chi connectivity index (χ1n) is 5.16. The van der Waals surface area contributed by atoms with Crippen molar-refractivity contribution >= 4 is 9.84 Å². The van der Waals surface area contributed by atoms with Gasteiger partial charge in [0.1, 0.15) is 9.84 Å². The van der Waals surface area contributed by atoms with Gasteiger partial charge in [0.2, 0.25) is 0 Å². The van der Waals surface area contributed by atoms with Gasteiger partial charge in [-0.3, -0.25) is 0 Å². The third kappa shape index (κ3) is 3.58. The summed E-state index contributed by atoms with van der Waals surface area (Å²) in [4.78, 5) is 0. The molecule has 1 unspecified atom stereocenters. The van der Waals surface area contributed by atoms with Gasteiger partial charge in [-0.25, -0.2) is 8.42 Å². The molecule has 1 saturated carbocycles. The monoisotopic (exact) mass is 220 g/mol. The molecule has 1 rings (SSSR count). The van der Waals surface area contributed by atoms with Crippen molar-refractivity contribution in [3.05, 3.63) is 0 Å². The Hall–Kier alpha value is -0.0900. The van der Waals surface area contributed by atoms with Gasteiger partial charge in [0.05, 0.1) is 0 Å². The molecule has 0 spiro atoms. The van der Waals surface area contributed by atoms with Crippen molar-refractivity contribution in [2.24, 2.45) is 11.3 Å². The Morgan fingerprint density at radius 3 is 2.36 bits per heavy atom. The van der Waals surface area contributed by atoms with Crippen LogP contribution in [0.3, 0.4) is 0 Å². The lowest BCUT2D eigenvalue weighted by Crippen LogP contribution is -2.24. The average Bonchev–Trinajstić information content (AvgIpc) is 2.83. The van der Waals surface area contributed by atoms with E-state index in [0.29, 0.717) is 12.3 Å². The molecule has 14 heavy (non-hydrogen) atoms. The number of aliphatic hydroxyl groups excluding tert-OH is 1. The summed E-state index contributed by atoms with van der Waals surface area (Å²) in [5.74, 6) is 0.863. The van der Waals surface area contributed by atoms with Crippen LogP contribution >= 0.6 is 0 Å². The molecule has 0 saturated heterocycles. The Morgan fingerprint density at radius 1 is 1.43 bits per heavy atom. The predicted molar refractivity (Wildman–Crippen MR) is 56.9 cm³/mol. The summed E-state index contributed by atoms with van der Waals surface area (Å²) >= 11 is 0. The fraction of sp³-hybridized carbons (Fsp3) is 1.00. The van der Waals surface area contributed by atoms with E-state index in [9.17, 15) is 13.5 Å². The number of sulfone groups is 1. The van der Waals surface area contributed by atoms with Crippen LogP contribution in [-0.2, 0) is 9.84 Å². The van der Waals surface area contributed by atoms with Crippen molar-refractivity contribution in [1.29, 1.82) is 0 Å². The lowest BCUT2D eigenvalue weighted by atomic mass is 9.81. The second-order valence-corrected chi connectivity index (χ2v) is 7.08. The molecule has 0 heterocycles. The first kappa shape index (κ1) is 12.0. The number of hydrogen-bond acceptors (Lipinski definition) is 3. The maximum absolute atomic E-state index is 10.9. The Morgan fingerprint density at radius 2 is 2.00 bits per heavy atom. The molecule has 1 N–H and O–H groups in total. The molecule has 1 aliphatic rings. The van der Waals surface area contributed by atoms with Gasteiger partial charge in [0, 0.05) is 18.6 Å². The fourth-order valence-corrected chi connectivity index (χ4v) is 2.60. The van der Waals surface area contributed by atoms with Crippen molar-refractivity contribution < 1.29 is 13.5 Å². The topological polar surface area (TPSA) is 54.4 Å². The van der Waals surface area contributed by atoms with Crippen LogP contribution in [0.2, 0.25) is 0 Å². The molecular formula is C10H20O3S. The highest BCUT2D eigenvalue weighted by molar-refractivity contribution is 7.90. The Balaban J connectivity index is 2.34. The molecule has 1 fully saturated rings. The molecule has 0 radical (unpaired) electrons. The van der Waals surface area contributed by atoms with Crippen LogP contribution in [0.4, 0.5) is 0 Å². The summed E-state index contributed by atoms with van der Waals surface area (Å²) in [6.07, 6.45) is 5.14. The summed E-state index contributed by atoms with van der Waals surface area (Å²) in [5, 5.41) is 9.28. The number of hydrogen-bond donors (Lipinski definition) is 1. The molecule has 4 heteroatoms. The summed E-state index contributed by atoms with van der Waals surface area (Å²) in [6.45, 7) is 2.24. The van der Waals surface area contributed by atoms with Crippen LogP contribution in [0, 0.1) is 11.3 Å². The van der Waals surface area contributed by atoms with Gasteiger partial charge in [-0.1, -0.05) is 6.92 Å². The molecule has 0 aromatic carbocycles. The third-order valence-corrected chi connectivity index (χ3v) is 4.22. The molecule has 0 bridgehead atoms. The summed E-state index contributed by atoms with van der Waals surface area (Å²) in [6, 6.07) is 0. The Kier molecular flexibility index (Phi) is 3.58. The maximum atomic E-state index is 10.9. The highest BCUT2D eigenvalue weighted by Crippen LogP contribution is 2.47. The first-order chi connectivity index (χ1) is 6.37. The molecular weight excluding hydrogens is 200 g/mol. The zero-order valence-corrected chi connectivity index (χ0v) is 9.81. The van der Waals surface area contributed by atoms with E-state index in [4.69, 9.17) is 0 Å². The molecule has 0 aromatic heterocycles. The Bertz CT molecular complexity index is 280.